The molecule has 0 saturated carbocycles. The number of anilines is 1. The van der Waals surface area contributed by atoms with Gasteiger partial charge in [0.25, 0.3) is 10.1 Å². The first-order chi connectivity index (χ1) is 29.2. The Kier molecular flexibility index (Phi) is 18.2. The molecular weight excluding hydrogens is 869 g/mol. The number of hydrogen-bond donors (Lipinski definition) is 2. The van der Waals surface area contributed by atoms with Gasteiger partial charge in [-0.3, -0.25) is 9.35 Å². The summed E-state index contributed by atoms with van der Waals surface area (Å²) >= 11 is 0. The lowest BCUT2D eigenvalue weighted by Gasteiger charge is -2.30. The van der Waals surface area contributed by atoms with Gasteiger partial charge in [-0.2, -0.15) is 13.0 Å². The summed E-state index contributed by atoms with van der Waals surface area (Å²) in [5, 5.41) is 9.16. The van der Waals surface area contributed by atoms with E-state index in [1.807, 2.05) is 29.4 Å². The van der Waals surface area contributed by atoms with Crippen molar-refractivity contribution < 1.29 is 72.3 Å². The Labute approximate surface area is 365 Å². The Morgan fingerprint density at radius 1 is 0.758 bits per heavy atom. The zero-order chi connectivity index (χ0) is 45.8. The number of carboxylic acids is 1. The maximum absolute atomic E-state index is 12.2. The molecule has 17 nitrogen and oxygen atoms in total. The van der Waals surface area contributed by atoms with Gasteiger partial charge in [0.2, 0.25) is 5.69 Å². The molecule has 2 aromatic carbocycles. The Hall–Kier alpha value is -3.83. The zero-order valence-electron chi connectivity index (χ0n) is 35.5. The van der Waals surface area contributed by atoms with Crippen molar-refractivity contribution in [3.05, 3.63) is 83.6 Å². The van der Waals surface area contributed by atoms with E-state index in [9.17, 15) is 43.7 Å². The van der Waals surface area contributed by atoms with E-state index in [1.165, 1.54) is 30.3 Å². The molecule has 0 bridgehead atoms. The number of methoxy groups -OCH3 is 2. The molecule has 4 rings (SSSR count). The molecule has 2 aliphatic rings. The van der Waals surface area contributed by atoms with Gasteiger partial charge in [-0.1, -0.05) is 24.6 Å². The quantitative estimate of drug-likeness (QED) is 0.0535. The van der Waals surface area contributed by atoms with E-state index in [2.05, 4.69) is 0 Å². The minimum atomic E-state index is -4.84. The standard InChI is InChI=1S/C42H58N2O15S3/c1-41(19-23-58-27-25-56-3)34-30-32(61(50,51)52)15-17-36(34)43(21-10-6-9-14-40(45)46)38(41)12-7-5-8-13-39-42(2,20-24-59-28-26-57-4)35-31-33(62(53,54)55)16-18-37(35)44(39)22-11-29-60(47,48)49/h5,7-8,12-13,15-18,30-31H,6,9-11,14,19-29H2,1-4H3,(H3-,45,46,47,48,49,50,51,52,53,54,55)/p-1. The van der Waals surface area contributed by atoms with Crippen molar-refractivity contribution in [2.24, 2.45) is 0 Å². The number of carboxylic acid groups (broad SMARTS) is 1. The van der Waals surface area contributed by atoms with Gasteiger partial charge in [0.15, 0.2) is 5.71 Å². The minimum Gasteiger partial charge on any atom is -0.744 e. The fraction of sp³-hybridized carbons (Fsp3) is 0.524. The third kappa shape index (κ3) is 13.3. The highest BCUT2D eigenvalue weighted by Crippen LogP contribution is 2.51. The normalized spacial score (nSPS) is 20.0. The van der Waals surface area contributed by atoms with Crippen molar-refractivity contribution in [2.75, 3.05) is 77.6 Å². The SMILES string of the molecule is COCCOCCC1(C)C(=CC=CC=CC2=[N+](CCCS(=O)(=O)O)c3ccc(S(=O)(=O)[O-])cc3C2(C)CCOCCOC)N(CCCCCC(=O)O)c2ccc(S(=O)(=O)[O-])cc21. The van der Waals surface area contributed by atoms with Crippen LogP contribution in [0.4, 0.5) is 11.4 Å². The maximum Gasteiger partial charge on any atom is 0.303 e. The number of fused-ring (bicyclic) bond motifs is 2. The lowest BCUT2D eigenvalue weighted by Crippen LogP contribution is -2.33. The van der Waals surface area contributed by atoms with Crippen LogP contribution in [0.1, 0.15) is 69.9 Å². The van der Waals surface area contributed by atoms with Crippen molar-refractivity contribution in [3.8, 4) is 0 Å². The number of ether oxygens (including phenoxy) is 4. The molecule has 0 aromatic heterocycles. The van der Waals surface area contributed by atoms with Gasteiger partial charge >= 0.3 is 5.97 Å². The molecule has 0 aliphatic carbocycles. The molecule has 0 radical (unpaired) electrons. The van der Waals surface area contributed by atoms with Crippen molar-refractivity contribution in [1.82, 2.24) is 0 Å². The molecule has 2 aromatic rings. The van der Waals surface area contributed by atoms with Crippen molar-refractivity contribution in [1.29, 1.82) is 0 Å². The van der Waals surface area contributed by atoms with E-state index in [1.54, 1.807) is 44.6 Å². The first-order valence-electron chi connectivity index (χ1n) is 20.2. The number of rotatable bonds is 27. The van der Waals surface area contributed by atoms with Crippen LogP contribution in [0.2, 0.25) is 0 Å². The van der Waals surface area contributed by atoms with Crippen LogP contribution in [0, 0.1) is 0 Å². The summed E-state index contributed by atoms with van der Waals surface area (Å²) in [6, 6.07) is 8.35. The number of benzene rings is 2. The second kappa shape index (κ2) is 22.2. The average molecular weight is 926 g/mol. The van der Waals surface area contributed by atoms with Gasteiger partial charge in [-0.15, -0.1) is 0 Å². The molecule has 344 valence electrons. The van der Waals surface area contributed by atoms with Gasteiger partial charge < -0.3 is 38.1 Å². The van der Waals surface area contributed by atoms with Gasteiger partial charge in [0, 0.05) is 81.3 Å². The van der Waals surface area contributed by atoms with Crippen LogP contribution in [0.25, 0.3) is 0 Å². The maximum atomic E-state index is 12.2. The first-order valence-corrected chi connectivity index (χ1v) is 24.6. The lowest BCUT2D eigenvalue weighted by molar-refractivity contribution is -0.437. The fourth-order valence-corrected chi connectivity index (χ4v) is 9.40. The molecule has 0 saturated heterocycles. The summed E-state index contributed by atoms with van der Waals surface area (Å²) in [5.74, 6) is -1.41. The molecule has 2 unspecified atom stereocenters. The van der Waals surface area contributed by atoms with Crippen LogP contribution in [-0.4, -0.2) is 133 Å². The number of aliphatic carboxylic acids is 1. The molecule has 2 aliphatic heterocycles. The molecule has 0 fully saturated rings. The second-order valence-electron chi connectivity index (χ2n) is 15.5. The summed E-state index contributed by atoms with van der Waals surface area (Å²) in [4.78, 5) is 12.4. The van der Waals surface area contributed by atoms with Crippen LogP contribution in [-0.2, 0) is 64.9 Å². The summed E-state index contributed by atoms with van der Waals surface area (Å²) < 4.78 is 130. The third-order valence-electron chi connectivity index (χ3n) is 11.1. The first kappa shape index (κ1) is 50.8. The molecule has 0 spiro atoms. The summed E-state index contributed by atoms with van der Waals surface area (Å²) in [5.41, 5.74) is 2.05. The van der Waals surface area contributed by atoms with Crippen LogP contribution in [0.3, 0.4) is 0 Å². The van der Waals surface area contributed by atoms with Crippen LogP contribution < -0.4 is 4.90 Å². The number of hydrogen-bond acceptors (Lipinski definition) is 14. The van der Waals surface area contributed by atoms with Crippen LogP contribution in [0.15, 0.2) is 82.3 Å². The topological polar surface area (TPSA) is 249 Å². The molecule has 2 N–H and O–H groups in total. The Bertz CT molecular complexity index is 2360. The number of carbonyl (C=O) groups is 1. The molecule has 0 amide bonds. The third-order valence-corrected chi connectivity index (χ3v) is 13.6. The van der Waals surface area contributed by atoms with Gasteiger partial charge in [-0.25, -0.2) is 16.8 Å². The van der Waals surface area contributed by atoms with E-state index in [-0.39, 0.29) is 37.5 Å². The monoisotopic (exact) mass is 925 g/mol. The molecule has 20 heteroatoms. The largest absolute Gasteiger partial charge is 0.744 e. The molecule has 62 heavy (non-hydrogen) atoms. The zero-order valence-corrected chi connectivity index (χ0v) is 37.9. The van der Waals surface area contributed by atoms with E-state index in [0.717, 1.165) is 5.70 Å². The van der Waals surface area contributed by atoms with Gasteiger partial charge in [0.05, 0.1) is 47.4 Å². The summed E-state index contributed by atoms with van der Waals surface area (Å²) in [6.45, 7) is 6.24. The average Bonchev–Trinajstić information content (AvgIpc) is 3.56. The number of nitrogens with zero attached hydrogens (tertiary/aromatic N) is 2. The van der Waals surface area contributed by atoms with Crippen LogP contribution in [0.5, 0.6) is 0 Å². The predicted molar refractivity (Wildman–Crippen MR) is 229 cm³/mol. The van der Waals surface area contributed by atoms with E-state index >= 15 is 0 Å². The van der Waals surface area contributed by atoms with E-state index in [0.29, 0.717) is 93.3 Å². The van der Waals surface area contributed by atoms with Gasteiger partial charge in [0.1, 0.15) is 26.8 Å². The highest BCUT2D eigenvalue weighted by molar-refractivity contribution is 7.86. The Morgan fingerprint density at radius 3 is 1.94 bits per heavy atom. The van der Waals surface area contributed by atoms with Gasteiger partial charge in [-0.05, 0) is 81.5 Å². The Morgan fingerprint density at radius 2 is 1.35 bits per heavy atom. The molecule has 2 heterocycles. The summed E-state index contributed by atoms with van der Waals surface area (Å²) in [6.07, 6.45) is 11.5. The molecule has 2 atom stereocenters. The van der Waals surface area contributed by atoms with Crippen molar-refractivity contribution in [2.45, 2.75) is 79.4 Å². The Balaban J connectivity index is 1.80. The summed E-state index contributed by atoms with van der Waals surface area (Å²) in [7, 11) is -10.8. The van der Waals surface area contributed by atoms with E-state index < -0.39 is 57.8 Å². The van der Waals surface area contributed by atoms with Crippen molar-refractivity contribution in [3.63, 3.8) is 0 Å². The highest BCUT2D eigenvalue weighted by Gasteiger charge is 2.48. The minimum absolute atomic E-state index is 0.0232. The smallest absolute Gasteiger partial charge is 0.303 e. The highest BCUT2D eigenvalue weighted by atomic mass is 32.2. The number of allylic oxidation sites excluding steroid dienone is 6. The number of unbranched alkanes of at least 4 members (excludes halogenated alkanes) is 2. The predicted octanol–water partition coefficient (Wildman–Crippen LogP) is 4.65. The van der Waals surface area contributed by atoms with Crippen LogP contribution >= 0.6 is 0 Å². The second-order valence-corrected chi connectivity index (χ2v) is 19.8. The fourth-order valence-electron chi connectivity index (χ4n) is 7.91. The molecular formula is C42H57N2O15S3-. The van der Waals surface area contributed by atoms with E-state index in [4.69, 9.17) is 24.1 Å². The van der Waals surface area contributed by atoms with Crippen molar-refractivity contribution >= 4 is 53.4 Å². The lowest BCUT2D eigenvalue weighted by atomic mass is 9.76.